The summed E-state index contributed by atoms with van der Waals surface area (Å²) >= 11 is 5.39. The second-order valence-electron chi connectivity index (χ2n) is 5.44. The van der Waals surface area contributed by atoms with Crippen LogP contribution in [0.2, 0.25) is 0 Å². The molecule has 0 spiro atoms. The standard InChI is InChI=1S/C17H16IN3OS2/c1-9-6-12(18)4-5-13(9)21-14(22)7-23-16-15-10(2)11(3)24-17(15)20-8-19-16/h4-6,8H,7H2,1-3H3,(H,21,22). The van der Waals surface area contributed by atoms with Gasteiger partial charge in [0.05, 0.1) is 5.75 Å². The van der Waals surface area contributed by atoms with Crippen LogP contribution in [-0.4, -0.2) is 21.6 Å². The van der Waals surface area contributed by atoms with E-state index >= 15 is 0 Å². The molecule has 0 atom stereocenters. The molecule has 3 rings (SSSR count). The van der Waals surface area contributed by atoms with E-state index in [0.29, 0.717) is 5.75 Å². The van der Waals surface area contributed by atoms with E-state index in [1.54, 1.807) is 17.7 Å². The number of carbonyl (C=O) groups excluding carboxylic acids is 1. The van der Waals surface area contributed by atoms with Gasteiger partial charge < -0.3 is 5.32 Å². The van der Waals surface area contributed by atoms with Crippen molar-refractivity contribution >= 4 is 67.5 Å². The van der Waals surface area contributed by atoms with Crippen molar-refractivity contribution in [3.8, 4) is 0 Å². The van der Waals surface area contributed by atoms with E-state index in [2.05, 4.69) is 57.8 Å². The first-order valence-corrected chi connectivity index (χ1v) is 10.2. The Balaban J connectivity index is 1.73. The van der Waals surface area contributed by atoms with Crippen molar-refractivity contribution in [3.05, 3.63) is 44.1 Å². The van der Waals surface area contributed by atoms with Crippen LogP contribution in [0.25, 0.3) is 10.2 Å². The molecule has 1 amide bonds. The van der Waals surface area contributed by atoms with E-state index in [1.165, 1.54) is 22.2 Å². The first-order chi connectivity index (χ1) is 11.5. The third-order valence-corrected chi connectivity index (χ3v) is 6.51. The van der Waals surface area contributed by atoms with Gasteiger partial charge in [-0.1, -0.05) is 11.8 Å². The third-order valence-electron chi connectivity index (χ3n) is 3.73. The lowest BCUT2D eigenvalue weighted by molar-refractivity contribution is -0.113. The number of fused-ring (bicyclic) bond motifs is 1. The highest BCUT2D eigenvalue weighted by molar-refractivity contribution is 14.1. The van der Waals surface area contributed by atoms with Gasteiger partial charge in [-0.05, 0) is 72.7 Å². The van der Waals surface area contributed by atoms with Crippen LogP contribution < -0.4 is 5.32 Å². The molecular formula is C17H16IN3OS2. The van der Waals surface area contributed by atoms with Crippen molar-refractivity contribution in [1.29, 1.82) is 0 Å². The van der Waals surface area contributed by atoms with Gasteiger partial charge >= 0.3 is 0 Å². The highest BCUT2D eigenvalue weighted by atomic mass is 127. The Hall–Kier alpha value is -1.19. The number of aromatic nitrogens is 2. The molecule has 0 saturated carbocycles. The number of nitrogens with zero attached hydrogens (tertiary/aromatic N) is 2. The number of aryl methyl sites for hydroxylation is 3. The van der Waals surface area contributed by atoms with Crippen molar-refractivity contribution in [1.82, 2.24) is 9.97 Å². The summed E-state index contributed by atoms with van der Waals surface area (Å²) in [5, 5.41) is 4.92. The fourth-order valence-electron chi connectivity index (χ4n) is 2.35. The van der Waals surface area contributed by atoms with Gasteiger partial charge in [0.15, 0.2) is 0 Å². The average molecular weight is 469 g/mol. The Bertz CT molecular complexity index is 924. The number of hydrogen-bond acceptors (Lipinski definition) is 5. The Morgan fingerprint density at radius 2 is 2.08 bits per heavy atom. The fourth-order valence-corrected chi connectivity index (χ4v) is 4.91. The smallest absolute Gasteiger partial charge is 0.234 e. The minimum absolute atomic E-state index is 0.0272. The molecule has 0 aliphatic heterocycles. The zero-order chi connectivity index (χ0) is 17.3. The van der Waals surface area contributed by atoms with Crippen LogP contribution in [-0.2, 0) is 4.79 Å². The molecule has 1 aromatic carbocycles. The Morgan fingerprint density at radius 3 is 2.83 bits per heavy atom. The second kappa shape index (κ2) is 7.37. The number of nitrogens with one attached hydrogen (secondary N) is 1. The van der Waals surface area contributed by atoms with Crippen molar-refractivity contribution < 1.29 is 4.79 Å². The van der Waals surface area contributed by atoms with Gasteiger partial charge in [-0.2, -0.15) is 0 Å². The maximum Gasteiger partial charge on any atom is 0.234 e. The molecule has 0 aliphatic carbocycles. The number of hydrogen-bond donors (Lipinski definition) is 1. The number of anilines is 1. The first kappa shape index (κ1) is 17.6. The first-order valence-electron chi connectivity index (χ1n) is 7.35. The Morgan fingerprint density at radius 1 is 1.29 bits per heavy atom. The number of thiophene rings is 1. The molecule has 1 N–H and O–H groups in total. The Labute approximate surface area is 162 Å². The van der Waals surface area contributed by atoms with Gasteiger partial charge in [-0.3, -0.25) is 4.79 Å². The van der Waals surface area contributed by atoms with E-state index in [0.717, 1.165) is 30.1 Å². The second-order valence-corrected chi connectivity index (χ2v) is 8.85. The van der Waals surface area contributed by atoms with Crippen molar-refractivity contribution in [2.45, 2.75) is 25.8 Å². The number of thioether (sulfide) groups is 1. The summed E-state index contributed by atoms with van der Waals surface area (Å²) in [6.07, 6.45) is 1.57. The molecule has 2 aromatic heterocycles. The molecular weight excluding hydrogens is 453 g/mol. The molecule has 0 unspecified atom stereocenters. The highest BCUT2D eigenvalue weighted by Gasteiger charge is 2.14. The molecule has 7 heteroatoms. The van der Waals surface area contributed by atoms with Gasteiger partial charge in [0.2, 0.25) is 5.91 Å². The minimum atomic E-state index is -0.0272. The number of amides is 1. The molecule has 0 saturated heterocycles. The van der Waals surface area contributed by atoms with Crippen molar-refractivity contribution in [3.63, 3.8) is 0 Å². The van der Waals surface area contributed by atoms with Crippen LogP contribution in [0, 0.1) is 24.3 Å². The molecule has 0 fully saturated rings. The predicted molar refractivity (Wildman–Crippen MR) is 110 cm³/mol. The van der Waals surface area contributed by atoms with Crippen LogP contribution in [0.1, 0.15) is 16.0 Å². The topological polar surface area (TPSA) is 54.9 Å². The van der Waals surface area contributed by atoms with Crippen LogP contribution >= 0.6 is 45.7 Å². The lowest BCUT2D eigenvalue weighted by atomic mass is 10.2. The molecule has 0 aliphatic rings. The maximum absolute atomic E-state index is 12.3. The molecule has 4 nitrogen and oxygen atoms in total. The average Bonchev–Trinajstić information content (AvgIpc) is 2.83. The number of benzene rings is 1. The van der Waals surface area contributed by atoms with E-state index in [-0.39, 0.29) is 5.91 Å². The normalized spacial score (nSPS) is 11.0. The minimum Gasteiger partial charge on any atom is -0.325 e. The summed E-state index contributed by atoms with van der Waals surface area (Å²) in [7, 11) is 0. The zero-order valence-corrected chi connectivity index (χ0v) is 17.3. The maximum atomic E-state index is 12.3. The fraction of sp³-hybridized carbons (Fsp3) is 0.235. The largest absolute Gasteiger partial charge is 0.325 e. The summed E-state index contributed by atoms with van der Waals surface area (Å²) < 4.78 is 1.16. The van der Waals surface area contributed by atoms with Crippen LogP contribution in [0.15, 0.2) is 29.6 Å². The van der Waals surface area contributed by atoms with Gasteiger partial charge in [0, 0.05) is 19.5 Å². The summed E-state index contributed by atoms with van der Waals surface area (Å²) in [4.78, 5) is 23.2. The molecule has 0 radical (unpaired) electrons. The van der Waals surface area contributed by atoms with Crippen molar-refractivity contribution in [2.24, 2.45) is 0 Å². The number of rotatable bonds is 4. The molecule has 24 heavy (non-hydrogen) atoms. The van der Waals surface area contributed by atoms with E-state index in [1.807, 2.05) is 19.1 Å². The predicted octanol–water partition coefficient (Wildman–Crippen LogP) is 4.95. The van der Waals surface area contributed by atoms with Crippen molar-refractivity contribution in [2.75, 3.05) is 11.1 Å². The van der Waals surface area contributed by atoms with E-state index in [9.17, 15) is 4.79 Å². The zero-order valence-electron chi connectivity index (χ0n) is 13.5. The number of carbonyl (C=O) groups is 1. The van der Waals surface area contributed by atoms with Gasteiger partial charge in [0.1, 0.15) is 16.2 Å². The monoisotopic (exact) mass is 469 g/mol. The lowest BCUT2D eigenvalue weighted by Crippen LogP contribution is -2.15. The summed E-state index contributed by atoms with van der Waals surface area (Å²) in [5.74, 6) is 0.298. The van der Waals surface area contributed by atoms with E-state index in [4.69, 9.17) is 0 Å². The summed E-state index contributed by atoms with van der Waals surface area (Å²) in [5.41, 5.74) is 3.12. The molecule has 2 heterocycles. The van der Waals surface area contributed by atoms with Gasteiger partial charge in [-0.15, -0.1) is 11.3 Å². The van der Waals surface area contributed by atoms with Crippen LogP contribution in [0.4, 0.5) is 5.69 Å². The highest BCUT2D eigenvalue weighted by Crippen LogP contribution is 2.34. The molecule has 0 bridgehead atoms. The third kappa shape index (κ3) is 3.73. The SMILES string of the molecule is Cc1cc(I)ccc1NC(=O)CSc1ncnc2sc(C)c(C)c12. The molecule has 3 aromatic rings. The molecule has 124 valence electrons. The number of halogens is 1. The Kier molecular flexibility index (Phi) is 5.41. The summed E-state index contributed by atoms with van der Waals surface area (Å²) in [6, 6.07) is 5.98. The summed E-state index contributed by atoms with van der Waals surface area (Å²) in [6.45, 7) is 6.16. The van der Waals surface area contributed by atoms with Gasteiger partial charge in [-0.25, -0.2) is 9.97 Å². The lowest BCUT2D eigenvalue weighted by Gasteiger charge is -2.09. The quantitative estimate of drug-likeness (QED) is 0.334. The van der Waals surface area contributed by atoms with Crippen LogP contribution in [0.3, 0.4) is 0 Å². The van der Waals surface area contributed by atoms with Gasteiger partial charge in [0.25, 0.3) is 0 Å². The van der Waals surface area contributed by atoms with Crippen LogP contribution in [0.5, 0.6) is 0 Å². The van der Waals surface area contributed by atoms with E-state index < -0.39 is 0 Å².